The standard InChI is InChI=1S/C16H16N2O3S/c1-2-7-18-13-9-12(14(19)11-22-8-3-6-17)4-5-15(13)21-10-16(18)20/h2,4-5,9H,1,3,7-8,10-11H2. The first kappa shape index (κ1) is 16.1. The zero-order valence-electron chi connectivity index (χ0n) is 12.1. The van der Waals surface area contributed by atoms with Gasteiger partial charge in [-0.1, -0.05) is 6.08 Å². The lowest BCUT2D eigenvalue weighted by Crippen LogP contribution is -2.38. The highest BCUT2D eigenvalue weighted by Gasteiger charge is 2.25. The molecule has 0 atom stereocenters. The zero-order chi connectivity index (χ0) is 15.9. The molecule has 0 aliphatic carbocycles. The molecule has 0 fully saturated rings. The van der Waals surface area contributed by atoms with Gasteiger partial charge in [0.25, 0.3) is 5.91 Å². The maximum Gasteiger partial charge on any atom is 0.265 e. The topological polar surface area (TPSA) is 70.4 Å². The van der Waals surface area contributed by atoms with Crippen molar-refractivity contribution in [3.05, 3.63) is 36.4 Å². The number of carbonyl (C=O) groups excluding carboxylic acids is 2. The molecule has 6 heteroatoms. The SMILES string of the molecule is C=CCN1C(=O)COc2ccc(C(=O)CSCCC#N)cc21. The van der Waals surface area contributed by atoms with Gasteiger partial charge in [0.1, 0.15) is 5.75 Å². The van der Waals surface area contributed by atoms with Crippen LogP contribution < -0.4 is 9.64 Å². The van der Waals surface area contributed by atoms with Gasteiger partial charge in [0.05, 0.1) is 17.5 Å². The van der Waals surface area contributed by atoms with Crippen molar-refractivity contribution in [2.75, 3.05) is 29.6 Å². The fraction of sp³-hybridized carbons (Fsp3) is 0.312. The number of benzene rings is 1. The smallest absolute Gasteiger partial charge is 0.265 e. The minimum Gasteiger partial charge on any atom is -0.482 e. The second kappa shape index (κ2) is 7.66. The van der Waals surface area contributed by atoms with Crippen molar-refractivity contribution in [2.24, 2.45) is 0 Å². The molecule has 0 radical (unpaired) electrons. The van der Waals surface area contributed by atoms with Crippen LogP contribution in [0.5, 0.6) is 5.75 Å². The van der Waals surface area contributed by atoms with Crippen molar-refractivity contribution in [3.8, 4) is 11.8 Å². The van der Waals surface area contributed by atoms with Gasteiger partial charge >= 0.3 is 0 Å². The van der Waals surface area contributed by atoms with Crippen LogP contribution >= 0.6 is 11.8 Å². The molecule has 0 saturated heterocycles. The van der Waals surface area contributed by atoms with E-state index >= 15 is 0 Å². The van der Waals surface area contributed by atoms with Gasteiger partial charge < -0.3 is 9.64 Å². The molecular weight excluding hydrogens is 300 g/mol. The van der Waals surface area contributed by atoms with Crippen molar-refractivity contribution in [3.63, 3.8) is 0 Å². The molecule has 1 aliphatic heterocycles. The Bertz CT molecular complexity index is 637. The second-order valence-corrected chi connectivity index (χ2v) is 5.75. The number of anilines is 1. The van der Waals surface area contributed by atoms with Gasteiger partial charge in [0.15, 0.2) is 12.4 Å². The number of nitrogens with zero attached hydrogens (tertiary/aromatic N) is 2. The molecule has 5 nitrogen and oxygen atoms in total. The molecule has 0 bridgehead atoms. The number of rotatable bonds is 7. The van der Waals surface area contributed by atoms with Crippen molar-refractivity contribution < 1.29 is 14.3 Å². The van der Waals surface area contributed by atoms with Gasteiger partial charge in [-0.2, -0.15) is 17.0 Å². The maximum atomic E-state index is 12.2. The Morgan fingerprint density at radius 1 is 1.55 bits per heavy atom. The number of ketones is 1. The predicted molar refractivity (Wildman–Crippen MR) is 86.4 cm³/mol. The van der Waals surface area contributed by atoms with Crippen molar-refractivity contribution >= 4 is 29.1 Å². The lowest BCUT2D eigenvalue weighted by molar-refractivity contribution is -0.121. The third kappa shape index (κ3) is 3.68. The van der Waals surface area contributed by atoms with E-state index < -0.39 is 0 Å². The Hall–Kier alpha value is -2.26. The normalized spacial score (nSPS) is 13.0. The molecule has 1 aromatic rings. The Morgan fingerprint density at radius 3 is 3.09 bits per heavy atom. The van der Waals surface area contributed by atoms with Crippen molar-refractivity contribution in [1.29, 1.82) is 5.26 Å². The molecule has 1 heterocycles. The summed E-state index contributed by atoms with van der Waals surface area (Å²) in [5, 5.41) is 8.48. The molecule has 0 spiro atoms. The molecular formula is C16H16N2O3S. The summed E-state index contributed by atoms with van der Waals surface area (Å²) in [5.41, 5.74) is 1.14. The van der Waals surface area contributed by atoms with E-state index in [0.717, 1.165) is 0 Å². The van der Waals surface area contributed by atoms with E-state index in [1.54, 1.807) is 29.2 Å². The third-order valence-electron chi connectivity index (χ3n) is 3.13. The summed E-state index contributed by atoms with van der Waals surface area (Å²) >= 11 is 1.43. The molecule has 1 aromatic carbocycles. The molecule has 0 unspecified atom stereocenters. The van der Waals surface area contributed by atoms with E-state index in [4.69, 9.17) is 10.00 Å². The average Bonchev–Trinajstić information content (AvgIpc) is 2.53. The van der Waals surface area contributed by atoms with Crippen LogP contribution in [0.4, 0.5) is 5.69 Å². The van der Waals surface area contributed by atoms with E-state index in [9.17, 15) is 9.59 Å². The second-order valence-electron chi connectivity index (χ2n) is 4.65. The molecule has 1 amide bonds. The number of carbonyl (C=O) groups is 2. The quantitative estimate of drug-likeness (QED) is 0.439. The summed E-state index contributed by atoms with van der Waals surface area (Å²) in [6.07, 6.45) is 2.07. The van der Waals surface area contributed by atoms with Crippen LogP contribution in [0.1, 0.15) is 16.8 Å². The van der Waals surface area contributed by atoms with Crippen LogP contribution in [0.2, 0.25) is 0 Å². The molecule has 2 rings (SSSR count). The molecule has 0 N–H and O–H groups in total. The van der Waals surface area contributed by atoms with Crippen LogP contribution in [0, 0.1) is 11.3 Å². The number of amides is 1. The van der Waals surface area contributed by atoms with Crippen molar-refractivity contribution in [1.82, 2.24) is 0 Å². The lowest BCUT2D eigenvalue weighted by atomic mass is 10.1. The first-order chi connectivity index (χ1) is 10.7. The fourth-order valence-corrected chi connectivity index (χ4v) is 2.80. The number of hydrogen-bond donors (Lipinski definition) is 0. The predicted octanol–water partition coefficient (Wildman–Crippen LogP) is 2.43. The largest absolute Gasteiger partial charge is 0.482 e. The van der Waals surface area contributed by atoms with Crippen molar-refractivity contribution in [2.45, 2.75) is 6.42 Å². The summed E-state index contributed by atoms with van der Waals surface area (Å²) in [6, 6.07) is 7.14. The number of nitriles is 1. The van der Waals surface area contributed by atoms with Crippen LogP contribution in [0.25, 0.3) is 0 Å². The van der Waals surface area contributed by atoms with Gasteiger partial charge in [-0.25, -0.2) is 0 Å². The molecule has 1 aliphatic rings. The summed E-state index contributed by atoms with van der Waals surface area (Å²) in [5.74, 6) is 1.37. The number of thioether (sulfide) groups is 1. The van der Waals surface area contributed by atoms with Gasteiger partial charge in [-0.3, -0.25) is 9.59 Å². The number of ether oxygens (including phenoxy) is 1. The van der Waals surface area contributed by atoms with E-state index in [1.807, 2.05) is 6.07 Å². The molecule has 22 heavy (non-hydrogen) atoms. The molecule has 0 aromatic heterocycles. The maximum absolute atomic E-state index is 12.2. The van der Waals surface area contributed by atoms with Crippen LogP contribution in [-0.4, -0.2) is 36.3 Å². The van der Waals surface area contributed by atoms with E-state index in [-0.39, 0.29) is 18.3 Å². The summed E-state index contributed by atoms with van der Waals surface area (Å²) in [7, 11) is 0. The highest BCUT2D eigenvalue weighted by atomic mass is 32.2. The fourth-order valence-electron chi connectivity index (χ4n) is 2.07. The Balaban J connectivity index is 2.15. The number of fused-ring (bicyclic) bond motifs is 1. The van der Waals surface area contributed by atoms with Crippen LogP contribution in [0.3, 0.4) is 0 Å². The zero-order valence-corrected chi connectivity index (χ0v) is 12.9. The molecule has 114 valence electrons. The van der Waals surface area contributed by atoms with Crippen LogP contribution in [0.15, 0.2) is 30.9 Å². The number of Topliss-reactive ketones (excluding diaryl/α,β-unsaturated/α-hetero) is 1. The summed E-state index contributed by atoms with van der Waals surface area (Å²) < 4.78 is 5.38. The van der Waals surface area contributed by atoms with Crippen LogP contribution in [-0.2, 0) is 4.79 Å². The van der Waals surface area contributed by atoms with E-state index in [0.29, 0.717) is 41.5 Å². The van der Waals surface area contributed by atoms with Gasteiger partial charge in [0, 0.05) is 24.3 Å². The number of hydrogen-bond acceptors (Lipinski definition) is 5. The van der Waals surface area contributed by atoms with Gasteiger partial charge in [0.2, 0.25) is 0 Å². The Kier molecular flexibility index (Phi) is 5.61. The first-order valence-electron chi connectivity index (χ1n) is 6.83. The monoisotopic (exact) mass is 316 g/mol. The highest BCUT2D eigenvalue weighted by Crippen LogP contribution is 2.33. The minimum absolute atomic E-state index is 0.00184. The van der Waals surface area contributed by atoms with Gasteiger partial charge in [-0.15, -0.1) is 6.58 Å². The third-order valence-corrected chi connectivity index (χ3v) is 4.09. The first-order valence-corrected chi connectivity index (χ1v) is 7.99. The van der Waals surface area contributed by atoms with E-state index in [1.165, 1.54) is 11.8 Å². The Labute approximate surface area is 133 Å². The summed E-state index contributed by atoms with van der Waals surface area (Å²) in [6.45, 7) is 4.02. The average molecular weight is 316 g/mol. The minimum atomic E-state index is -0.152. The Morgan fingerprint density at radius 2 is 2.36 bits per heavy atom. The van der Waals surface area contributed by atoms with Gasteiger partial charge in [-0.05, 0) is 18.2 Å². The highest BCUT2D eigenvalue weighted by molar-refractivity contribution is 7.99. The summed E-state index contributed by atoms with van der Waals surface area (Å²) in [4.78, 5) is 25.6. The van der Waals surface area contributed by atoms with E-state index in [2.05, 4.69) is 6.58 Å². The lowest BCUT2D eigenvalue weighted by Gasteiger charge is -2.28. The molecule has 0 saturated carbocycles.